The number of hydrogen-bond acceptors (Lipinski definition) is 1. The summed E-state index contributed by atoms with van der Waals surface area (Å²) >= 11 is 11.8. The van der Waals surface area contributed by atoms with Gasteiger partial charge in [-0.15, -0.1) is 11.6 Å². The van der Waals surface area contributed by atoms with Crippen molar-refractivity contribution in [1.82, 2.24) is 9.55 Å². The van der Waals surface area contributed by atoms with Crippen molar-refractivity contribution < 1.29 is 0 Å². The van der Waals surface area contributed by atoms with E-state index in [1.165, 1.54) is 0 Å². The van der Waals surface area contributed by atoms with Crippen LogP contribution in [0.15, 0.2) is 30.4 Å². The lowest BCUT2D eigenvalue weighted by Crippen LogP contribution is -2.02. The molecule has 2 aromatic rings. The molecule has 0 unspecified atom stereocenters. The first-order valence-electron chi connectivity index (χ1n) is 4.97. The largest absolute Gasteiger partial charge is 0.323 e. The number of allylic oxidation sites excluding steroid dienone is 1. The second-order valence-corrected chi connectivity index (χ2v) is 4.54. The fourth-order valence-corrected chi connectivity index (χ4v) is 2.07. The number of hydrogen-bond donors (Lipinski definition) is 0. The van der Waals surface area contributed by atoms with Gasteiger partial charge in [0.15, 0.2) is 0 Å². The first-order valence-corrected chi connectivity index (χ1v) is 5.88. The molecule has 84 valence electrons. The molecule has 16 heavy (non-hydrogen) atoms. The molecule has 0 saturated heterocycles. The number of rotatable bonds is 3. The van der Waals surface area contributed by atoms with Gasteiger partial charge in [0.25, 0.3) is 0 Å². The average Bonchev–Trinajstić information content (AvgIpc) is 2.55. The van der Waals surface area contributed by atoms with Crippen molar-refractivity contribution in [3.05, 3.63) is 41.2 Å². The Kier molecular flexibility index (Phi) is 3.22. The quantitative estimate of drug-likeness (QED) is 0.598. The molecule has 0 N–H and O–H groups in total. The lowest BCUT2D eigenvalue weighted by Gasteiger charge is -2.06. The van der Waals surface area contributed by atoms with Crippen LogP contribution in [0.3, 0.4) is 0 Å². The van der Waals surface area contributed by atoms with Gasteiger partial charge in [0, 0.05) is 11.6 Å². The summed E-state index contributed by atoms with van der Waals surface area (Å²) in [6.07, 6.45) is 0. The molecule has 1 aromatic heterocycles. The van der Waals surface area contributed by atoms with Crippen LogP contribution in [0.25, 0.3) is 11.0 Å². The van der Waals surface area contributed by atoms with Gasteiger partial charge in [-0.2, -0.15) is 0 Å². The van der Waals surface area contributed by atoms with Crippen LogP contribution in [-0.4, -0.2) is 9.55 Å². The van der Waals surface area contributed by atoms with Crippen LogP contribution >= 0.6 is 23.2 Å². The Morgan fingerprint density at radius 3 is 2.88 bits per heavy atom. The van der Waals surface area contributed by atoms with Crippen LogP contribution in [0.2, 0.25) is 5.02 Å². The second kappa shape index (κ2) is 4.48. The molecule has 0 aliphatic carbocycles. The average molecular weight is 255 g/mol. The summed E-state index contributed by atoms with van der Waals surface area (Å²) < 4.78 is 2.07. The third-order valence-corrected chi connectivity index (χ3v) is 2.81. The van der Waals surface area contributed by atoms with Crippen molar-refractivity contribution in [3.8, 4) is 0 Å². The maximum absolute atomic E-state index is 5.93. The summed E-state index contributed by atoms with van der Waals surface area (Å²) in [5.41, 5.74) is 2.99. The third-order valence-electron chi connectivity index (χ3n) is 2.34. The molecule has 0 aliphatic heterocycles. The topological polar surface area (TPSA) is 17.8 Å². The van der Waals surface area contributed by atoms with Crippen LogP contribution < -0.4 is 0 Å². The van der Waals surface area contributed by atoms with E-state index in [0.29, 0.717) is 10.9 Å². The zero-order valence-electron chi connectivity index (χ0n) is 9.00. The van der Waals surface area contributed by atoms with Crippen LogP contribution in [-0.2, 0) is 12.4 Å². The Morgan fingerprint density at radius 2 is 2.25 bits per heavy atom. The van der Waals surface area contributed by atoms with E-state index < -0.39 is 0 Å². The highest BCUT2D eigenvalue weighted by atomic mass is 35.5. The Morgan fingerprint density at radius 1 is 1.50 bits per heavy atom. The first-order chi connectivity index (χ1) is 7.61. The maximum atomic E-state index is 5.93. The molecule has 0 spiro atoms. The molecule has 0 atom stereocenters. The molecule has 4 heteroatoms. The summed E-state index contributed by atoms with van der Waals surface area (Å²) in [6, 6.07) is 5.67. The lowest BCUT2D eigenvalue weighted by atomic mass is 10.3. The first kappa shape index (κ1) is 11.5. The van der Waals surface area contributed by atoms with E-state index in [9.17, 15) is 0 Å². The van der Waals surface area contributed by atoms with Crippen LogP contribution in [0.5, 0.6) is 0 Å². The molecule has 0 bridgehead atoms. The summed E-state index contributed by atoms with van der Waals surface area (Å²) in [5.74, 6) is 1.24. The highest BCUT2D eigenvalue weighted by Crippen LogP contribution is 2.22. The van der Waals surface area contributed by atoms with Crippen molar-refractivity contribution in [2.24, 2.45) is 0 Å². The van der Waals surface area contributed by atoms with Gasteiger partial charge in [-0.25, -0.2) is 4.98 Å². The molecule has 0 radical (unpaired) electrons. The van der Waals surface area contributed by atoms with Crippen molar-refractivity contribution in [2.75, 3.05) is 0 Å². The number of halogens is 2. The normalized spacial score (nSPS) is 10.9. The van der Waals surface area contributed by atoms with Crippen LogP contribution in [0.1, 0.15) is 12.7 Å². The minimum atomic E-state index is 0.388. The molecule has 2 rings (SSSR count). The van der Waals surface area contributed by atoms with Gasteiger partial charge in [0.2, 0.25) is 0 Å². The monoisotopic (exact) mass is 254 g/mol. The van der Waals surface area contributed by atoms with Gasteiger partial charge < -0.3 is 4.57 Å². The van der Waals surface area contributed by atoms with Gasteiger partial charge >= 0.3 is 0 Å². The third kappa shape index (κ3) is 2.08. The van der Waals surface area contributed by atoms with Crippen LogP contribution in [0, 0.1) is 0 Å². The summed E-state index contributed by atoms with van der Waals surface area (Å²) in [7, 11) is 0. The Bertz CT molecular complexity index is 543. The molecule has 0 aliphatic rings. The Balaban J connectivity index is 2.63. The fourth-order valence-electron chi connectivity index (χ4n) is 1.70. The highest BCUT2D eigenvalue weighted by Gasteiger charge is 2.09. The van der Waals surface area contributed by atoms with Gasteiger partial charge in [-0.05, 0) is 25.1 Å². The van der Waals surface area contributed by atoms with Gasteiger partial charge in [-0.1, -0.05) is 23.8 Å². The number of aromatic nitrogens is 2. The predicted molar refractivity (Wildman–Crippen MR) is 69.1 cm³/mol. The van der Waals surface area contributed by atoms with Crippen molar-refractivity contribution in [1.29, 1.82) is 0 Å². The summed E-state index contributed by atoms with van der Waals surface area (Å²) in [6.45, 7) is 6.63. The number of fused-ring (bicyclic) bond motifs is 1. The number of alkyl halides is 1. The van der Waals surface area contributed by atoms with E-state index in [0.717, 1.165) is 29.0 Å². The van der Waals surface area contributed by atoms with E-state index in [1.54, 1.807) is 0 Å². The number of imidazole rings is 1. The second-order valence-electron chi connectivity index (χ2n) is 3.84. The fraction of sp³-hybridized carbons (Fsp3) is 0.250. The molecule has 0 fully saturated rings. The van der Waals surface area contributed by atoms with Crippen molar-refractivity contribution in [2.45, 2.75) is 19.3 Å². The van der Waals surface area contributed by atoms with Crippen molar-refractivity contribution in [3.63, 3.8) is 0 Å². The minimum absolute atomic E-state index is 0.388. The molecular formula is C12H12Cl2N2. The predicted octanol–water partition coefficient (Wildman–Crippen LogP) is 4.00. The number of benzene rings is 1. The zero-order valence-corrected chi connectivity index (χ0v) is 10.5. The lowest BCUT2D eigenvalue weighted by molar-refractivity contribution is 0.768. The molecule has 1 aromatic carbocycles. The summed E-state index contributed by atoms with van der Waals surface area (Å²) in [4.78, 5) is 4.45. The summed E-state index contributed by atoms with van der Waals surface area (Å²) in [5, 5.41) is 0.689. The van der Waals surface area contributed by atoms with E-state index >= 15 is 0 Å². The number of nitrogens with zero attached hydrogens (tertiary/aromatic N) is 2. The molecule has 0 saturated carbocycles. The molecular weight excluding hydrogens is 243 g/mol. The minimum Gasteiger partial charge on any atom is -0.323 e. The standard InChI is InChI=1S/C12H12Cl2N2/c1-8(2)7-16-11-4-3-9(14)5-10(11)15-12(16)6-13/h3-5H,1,6-7H2,2H3. The van der Waals surface area contributed by atoms with E-state index in [-0.39, 0.29) is 0 Å². The highest BCUT2D eigenvalue weighted by molar-refractivity contribution is 6.31. The van der Waals surface area contributed by atoms with E-state index in [1.807, 2.05) is 25.1 Å². The van der Waals surface area contributed by atoms with Crippen molar-refractivity contribution >= 4 is 34.2 Å². The molecule has 0 amide bonds. The Hall–Kier alpha value is -0.990. The zero-order chi connectivity index (χ0) is 11.7. The van der Waals surface area contributed by atoms with Gasteiger partial charge in [0.05, 0.1) is 16.9 Å². The molecule has 1 heterocycles. The Labute approximate surface area is 104 Å². The SMILES string of the molecule is C=C(C)Cn1c(CCl)nc2cc(Cl)ccc21. The molecule has 2 nitrogen and oxygen atoms in total. The van der Waals surface area contributed by atoms with E-state index in [2.05, 4.69) is 16.1 Å². The van der Waals surface area contributed by atoms with Gasteiger partial charge in [0.1, 0.15) is 5.82 Å². The maximum Gasteiger partial charge on any atom is 0.125 e. The smallest absolute Gasteiger partial charge is 0.125 e. The van der Waals surface area contributed by atoms with Crippen LogP contribution in [0.4, 0.5) is 0 Å². The van der Waals surface area contributed by atoms with E-state index in [4.69, 9.17) is 23.2 Å². The van der Waals surface area contributed by atoms with Gasteiger partial charge in [-0.3, -0.25) is 0 Å².